The molecular weight excluding hydrogens is 648 g/mol. The van der Waals surface area contributed by atoms with Crippen molar-refractivity contribution in [2.24, 2.45) is 0 Å². The van der Waals surface area contributed by atoms with Crippen molar-refractivity contribution in [3.63, 3.8) is 0 Å². The maximum atomic E-state index is 14.0. The van der Waals surface area contributed by atoms with Crippen molar-refractivity contribution in [3.05, 3.63) is 63.7 Å². The second kappa shape index (κ2) is 15.2. The highest BCUT2D eigenvalue weighted by molar-refractivity contribution is 6.32. The molecule has 13 heteroatoms. The highest BCUT2D eigenvalue weighted by Gasteiger charge is 2.37. The Morgan fingerprint density at radius 3 is 2.12 bits per heavy atom. The molecular formula is C36H47ClN6O6. The Labute approximate surface area is 292 Å². The predicted octanol–water partition coefficient (Wildman–Crippen LogP) is 4.85. The Kier molecular flexibility index (Phi) is 10.8. The molecule has 5 amide bonds. The second-order valence-electron chi connectivity index (χ2n) is 13.7. The first-order chi connectivity index (χ1) is 23.6. The fourth-order valence-electron chi connectivity index (χ4n) is 7.77. The molecule has 2 N–H and O–H groups in total. The number of likely N-dealkylation sites (tertiary alicyclic amines) is 2. The van der Waals surface area contributed by atoms with Crippen LogP contribution in [-0.2, 0) is 22.4 Å². The number of nitrogens with one attached hydrogen (secondary N) is 1. The van der Waals surface area contributed by atoms with E-state index in [4.69, 9.17) is 16.3 Å². The summed E-state index contributed by atoms with van der Waals surface area (Å²) in [5.74, 6) is -0.205. The summed E-state index contributed by atoms with van der Waals surface area (Å²) < 4.78 is 6.06. The van der Waals surface area contributed by atoms with E-state index in [-0.39, 0.29) is 30.4 Å². The SMILES string of the molecule is Cc1cc(C[C@@H](OC(=O)N2CCC(N3CCc4ccccc4NC3=O)CC2)C(=O)N2CCC(N3CCN(C(=O)O)CC3)CC2)cc(C)c1Cl. The molecule has 264 valence electrons. The lowest BCUT2D eigenvalue weighted by molar-refractivity contribution is -0.142. The second-order valence-corrected chi connectivity index (χ2v) is 14.1. The number of urea groups is 1. The Balaban J connectivity index is 1.07. The number of hydrogen-bond acceptors (Lipinski definition) is 6. The third kappa shape index (κ3) is 8.07. The number of ether oxygens (including phenoxy) is 1. The number of carbonyl (C=O) groups is 4. The van der Waals surface area contributed by atoms with Gasteiger partial charge in [-0.25, -0.2) is 14.4 Å². The van der Waals surface area contributed by atoms with Crippen LogP contribution in [0.15, 0.2) is 36.4 Å². The molecule has 4 aliphatic heterocycles. The van der Waals surface area contributed by atoms with Crippen LogP contribution in [0.5, 0.6) is 0 Å². The van der Waals surface area contributed by atoms with E-state index >= 15 is 0 Å². The number of halogens is 1. The largest absolute Gasteiger partial charge is 0.465 e. The summed E-state index contributed by atoms with van der Waals surface area (Å²) in [6.45, 7) is 8.77. The maximum Gasteiger partial charge on any atom is 0.410 e. The Morgan fingerprint density at radius 2 is 1.47 bits per heavy atom. The molecule has 0 bridgehead atoms. The number of piperidine rings is 2. The van der Waals surface area contributed by atoms with Gasteiger partial charge in [0.25, 0.3) is 5.91 Å². The molecule has 3 saturated heterocycles. The number of para-hydroxylation sites is 1. The van der Waals surface area contributed by atoms with Crippen LogP contribution in [0.3, 0.4) is 0 Å². The summed E-state index contributed by atoms with van der Waals surface area (Å²) >= 11 is 6.44. The zero-order valence-electron chi connectivity index (χ0n) is 28.4. The normalized spacial score (nSPS) is 20.3. The van der Waals surface area contributed by atoms with Crippen molar-refractivity contribution in [1.29, 1.82) is 0 Å². The van der Waals surface area contributed by atoms with E-state index in [2.05, 4.69) is 10.2 Å². The molecule has 0 aliphatic carbocycles. The van der Waals surface area contributed by atoms with Gasteiger partial charge in [-0.3, -0.25) is 9.69 Å². The van der Waals surface area contributed by atoms with Gasteiger partial charge in [0.1, 0.15) is 0 Å². The van der Waals surface area contributed by atoms with Gasteiger partial charge in [0.05, 0.1) is 0 Å². The molecule has 6 rings (SSSR count). The molecule has 3 fully saturated rings. The molecule has 2 aromatic carbocycles. The average molecular weight is 695 g/mol. The zero-order chi connectivity index (χ0) is 34.7. The monoisotopic (exact) mass is 694 g/mol. The van der Waals surface area contributed by atoms with Crippen molar-refractivity contribution in [1.82, 2.24) is 24.5 Å². The third-order valence-corrected chi connectivity index (χ3v) is 11.2. The predicted molar refractivity (Wildman–Crippen MR) is 186 cm³/mol. The van der Waals surface area contributed by atoms with E-state index in [9.17, 15) is 24.3 Å². The lowest BCUT2D eigenvalue weighted by atomic mass is 9.99. The number of nitrogens with zero attached hydrogens (tertiary/aromatic N) is 5. The molecule has 2 aromatic rings. The van der Waals surface area contributed by atoms with Crippen LogP contribution < -0.4 is 5.32 Å². The molecule has 0 aromatic heterocycles. The quantitative estimate of drug-likeness (QED) is 0.443. The fraction of sp³-hybridized carbons (Fsp3) is 0.556. The topological polar surface area (TPSA) is 126 Å². The zero-order valence-corrected chi connectivity index (χ0v) is 29.2. The number of anilines is 1. The summed E-state index contributed by atoms with van der Waals surface area (Å²) in [6, 6.07) is 11.9. The lowest BCUT2D eigenvalue weighted by Crippen LogP contribution is -2.55. The highest BCUT2D eigenvalue weighted by atomic mass is 35.5. The third-order valence-electron chi connectivity index (χ3n) is 10.6. The van der Waals surface area contributed by atoms with E-state index in [1.807, 2.05) is 55.1 Å². The number of aryl methyl sites for hydroxylation is 2. The summed E-state index contributed by atoms with van der Waals surface area (Å²) in [6.07, 6.45) is 1.43. The van der Waals surface area contributed by atoms with Crippen LogP contribution in [-0.4, -0.2) is 131 Å². The van der Waals surface area contributed by atoms with Crippen molar-refractivity contribution in [2.45, 2.75) is 70.6 Å². The van der Waals surface area contributed by atoms with Crippen molar-refractivity contribution < 1.29 is 29.0 Å². The summed E-state index contributed by atoms with van der Waals surface area (Å²) in [4.78, 5) is 61.2. The van der Waals surface area contributed by atoms with Gasteiger partial charge in [0, 0.05) is 88.1 Å². The van der Waals surface area contributed by atoms with E-state index in [1.54, 1.807) is 9.80 Å². The number of amides is 5. The minimum absolute atomic E-state index is 0.00390. The van der Waals surface area contributed by atoms with Gasteiger partial charge in [0.15, 0.2) is 6.10 Å². The number of hydrogen-bond donors (Lipinski definition) is 2. The van der Waals surface area contributed by atoms with Crippen LogP contribution >= 0.6 is 11.6 Å². The average Bonchev–Trinajstić information content (AvgIpc) is 3.28. The molecule has 49 heavy (non-hydrogen) atoms. The van der Waals surface area contributed by atoms with E-state index < -0.39 is 18.3 Å². The summed E-state index contributed by atoms with van der Waals surface area (Å²) in [7, 11) is 0. The minimum atomic E-state index is -0.990. The minimum Gasteiger partial charge on any atom is -0.465 e. The van der Waals surface area contributed by atoms with Gasteiger partial charge in [0.2, 0.25) is 0 Å². The number of rotatable bonds is 6. The van der Waals surface area contributed by atoms with Crippen LogP contribution in [0.4, 0.5) is 20.1 Å². The van der Waals surface area contributed by atoms with E-state index in [0.717, 1.165) is 47.2 Å². The molecule has 0 radical (unpaired) electrons. The van der Waals surface area contributed by atoms with Crippen LogP contribution in [0.1, 0.15) is 47.9 Å². The number of benzene rings is 2. The van der Waals surface area contributed by atoms with Crippen LogP contribution in [0.2, 0.25) is 5.02 Å². The summed E-state index contributed by atoms with van der Waals surface area (Å²) in [5, 5.41) is 13.0. The first-order valence-electron chi connectivity index (χ1n) is 17.4. The number of carbonyl (C=O) groups excluding carboxylic acids is 3. The van der Waals surface area contributed by atoms with Gasteiger partial charge < -0.3 is 34.8 Å². The van der Waals surface area contributed by atoms with Gasteiger partial charge in [-0.2, -0.15) is 0 Å². The van der Waals surface area contributed by atoms with Crippen LogP contribution in [0.25, 0.3) is 0 Å². The maximum absolute atomic E-state index is 14.0. The molecule has 0 unspecified atom stereocenters. The van der Waals surface area contributed by atoms with Crippen molar-refractivity contribution in [2.75, 3.05) is 64.2 Å². The van der Waals surface area contributed by atoms with E-state index in [0.29, 0.717) is 76.8 Å². The first kappa shape index (κ1) is 34.8. The van der Waals surface area contributed by atoms with Crippen molar-refractivity contribution in [3.8, 4) is 0 Å². The van der Waals surface area contributed by atoms with Gasteiger partial charge in [-0.1, -0.05) is 41.9 Å². The fourth-order valence-corrected chi connectivity index (χ4v) is 7.88. The Bertz CT molecular complexity index is 1530. The molecule has 4 aliphatic rings. The molecule has 1 atom stereocenters. The Hall–Kier alpha value is -4.03. The smallest absolute Gasteiger partial charge is 0.410 e. The van der Waals surface area contributed by atoms with Crippen molar-refractivity contribution >= 4 is 41.4 Å². The molecule has 0 saturated carbocycles. The number of carboxylic acid groups (broad SMARTS) is 1. The standard InChI is InChI=1S/C36H47ClN6O6/c1-24-21-26(22-25(2)32(24)37)23-31(33(44)40-12-8-28(9-13-40)39-17-19-41(20-18-39)35(46)47)49-36(48)42-14-10-29(11-15-42)43-16-7-27-5-3-4-6-30(27)38-34(43)45/h3-6,21-22,28-29,31H,7-20,23H2,1-2H3,(H,38,45)(H,46,47)/t31-/m1/s1. The number of fused-ring (bicyclic) bond motifs is 1. The lowest BCUT2D eigenvalue weighted by Gasteiger charge is -2.42. The first-order valence-corrected chi connectivity index (χ1v) is 17.8. The molecule has 4 heterocycles. The van der Waals surface area contributed by atoms with Gasteiger partial charge in [-0.15, -0.1) is 0 Å². The molecule has 0 spiro atoms. The highest BCUT2D eigenvalue weighted by Crippen LogP contribution is 2.27. The summed E-state index contributed by atoms with van der Waals surface area (Å²) in [5.41, 5.74) is 4.65. The number of piperazine rings is 1. The van der Waals surface area contributed by atoms with Gasteiger partial charge in [-0.05, 0) is 74.3 Å². The van der Waals surface area contributed by atoms with Crippen LogP contribution in [0, 0.1) is 13.8 Å². The van der Waals surface area contributed by atoms with Gasteiger partial charge >= 0.3 is 18.2 Å². The molecule has 12 nitrogen and oxygen atoms in total. The Morgan fingerprint density at radius 1 is 0.857 bits per heavy atom. The van der Waals surface area contributed by atoms with E-state index in [1.165, 1.54) is 4.90 Å².